The van der Waals surface area contributed by atoms with Gasteiger partial charge in [0.25, 0.3) is 5.91 Å². The number of carbonyl (C=O) groups excluding carboxylic acids is 1. The summed E-state index contributed by atoms with van der Waals surface area (Å²) in [5.41, 5.74) is 0.775. The molecule has 1 heterocycles. The highest BCUT2D eigenvalue weighted by molar-refractivity contribution is 5.94. The average Bonchev–Trinajstić information content (AvgIpc) is 2.58. The Balaban J connectivity index is 1.49. The fourth-order valence-corrected chi connectivity index (χ4v) is 3.62. The van der Waals surface area contributed by atoms with Gasteiger partial charge in [-0.05, 0) is 37.8 Å². The van der Waals surface area contributed by atoms with Crippen molar-refractivity contribution >= 4 is 5.91 Å². The Morgan fingerprint density at radius 2 is 1.73 bits per heavy atom. The normalized spacial score (nSPS) is 26.9. The second kappa shape index (κ2) is 7.25. The van der Waals surface area contributed by atoms with Crippen LogP contribution in [0.1, 0.15) is 48.9 Å². The molecule has 22 heavy (non-hydrogen) atoms. The van der Waals surface area contributed by atoms with E-state index in [1.54, 1.807) is 0 Å². The molecule has 1 aliphatic heterocycles. The predicted molar refractivity (Wildman–Crippen MR) is 86.8 cm³/mol. The minimum absolute atomic E-state index is 0.136. The number of benzene rings is 1. The Morgan fingerprint density at radius 1 is 1.05 bits per heavy atom. The van der Waals surface area contributed by atoms with Gasteiger partial charge in [-0.25, -0.2) is 0 Å². The summed E-state index contributed by atoms with van der Waals surface area (Å²) < 4.78 is 0. The minimum atomic E-state index is -0.197. The van der Waals surface area contributed by atoms with E-state index in [0.29, 0.717) is 6.04 Å². The number of nitrogens with one attached hydrogen (secondary N) is 1. The van der Waals surface area contributed by atoms with Crippen LogP contribution in [0.15, 0.2) is 30.3 Å². The zero-order valence-corrected chi connectivity index (χ0v) is 13.1. The molecule has 0 bridgehead atoms. The van der Waals surface area contributed by atoms with Crippen molar-refractivity contribution in [2.24, 2.45) is 0 Å². The smallest absolute Gasteiger partial charge is 0.253 e. The van der Waals surface area contributed by atoms with Crippen LogP contribution in [0, 0.1) is 0 Å². The Hall–Kier alpha value is -1.39. The van der Waals surface area contributed by atoms with Gasteiger partial charge in [-0.3, -0.25) is 4.79 Å². The maximum absolute atomic E-state index is 12.4. The molecule has 0 spiro atoms. The number of piperidine rings is 1. The summed E-state index contributed by atoms with van der Waals surface area (Å²) in [6.45, 7) is 1.60. The third-order valence-corrected chi connectivity index (χ3v) is 4.98. The van der Waals surface area contributed by atoms with Crippen LogP contribution in [-0.4, -0.2) is 47.2 Å². The summed E-state index contributed by atoms with van der Waals surface area (Å²) in [6.07, 6.45) is 6.10. The van der Waals surface area contributed by atoms with E-state index in [0.717, 1.165) is 50.8 Å². The van der Waals surface area contributed by atoms with Gasteiger partial charge in [0.15, 0.2) is 0 Å². The van der Waals surface area contributed by atoms with Crippen molar-refractivity contribution in [1.29, 1.82) is 0 Å². The quantitative estimate of drug-likeness (QED) is 0.900. The van der Waals surface area contributed by atoms with Gasteiger partial charge in [-0.15, -0.1) is 0 Å². The summed E-state index contributed by atoms with van der Waals surface area (Å²) >= 11 is 0. The van der Waals surface area contributed by atoms with E-state index in [2.05, 4.69) is 5.32 Å². The van der Waals surface area contributed by atoms with Gasteiger partial charge in [-0.2, -0.15) is 0 Å². The maximum Gasteiger partial charge on any atom is 0.253 e. The lowest BCUT2D eigenvalue weighted by Crippen LogP contribution is -2.51. The first-order valence-electron chi connectivity index (χ1n) is 8.52. The molecular formula is C18H26N2O2. The van der Waals surface area contributed by atoms with Crippen LogP contribution in [0.2, 0.25) is 0 Å². The van der Waals surface area contributed by atoms with Crippen molar-refractivity contribution in [3.05, 3.63) is 35.9 Å². The Kier molecular flexibility index (Phi) is 5.11. The SMILES string of the molecule is O=C(c1ccccc1)N1CCC(NC2CCCC[C@H]2O)CC1. The number of hydrogen-bond donors (Lipinski definition) is 2. The number of rotatable bonds is 3. The number of amides is 1. The topological polar surface area (TPSA) is 52.6 Å². The molecule has 1 aromatic rings. The number of likely N-dealkylation sites (tertiary alicyclic amines) is 1. The molecule has 1 aromatic carbocycles. The zero-order valence-electron chi connectivity index (χ0n) is 13.1. The molecule has 2 fully saturated rings. The Morgan fingerprint density at radius 3 is 2.41 bits per heavy atom. The third-order valence-electron chi connectivity index (χ3n) is 4.98. The van der Waals surface area contributed by atoms with Crippen molar-refractivity contribution in [3.8, 4) is 0 Å². The van der Waals surface area contributed by atoms with Crippen LogP contribution >= 0.6 is 0 Å². The number of carbonyl (C=O) groups is 1. The molecule has 1 saturated heterocycles. The summed E-state index contributed by atoms with van der Waals surface area (Å²) in [5.74, 6) is 0.136. The molecule has 0 aromatic heterocycles. The Bertz CT molecular complexity index is 483. The first-order chi connectivity index (χ1) is 10.7. The summed E-state index contributed by atoms with van der Waals surface area (Å²) in [4.78, 5) is 14.4. The maximum atomic E-state index is 12.4. The number of aliphatic hydroxyl groups excluding tert-OH is 1. The fourth-order valence-electron chi connectivity index (χ4n) is 3.62. The van der Waals surface area contributed by atoms with Crippen LogP contribution in [0.5, 0.6) is 0 Å². The van der Waals surface area contributed by atoms with Crippen LogP contribution in [0.3, 0.4) is 0 Å². The average molecular weight is 302 g/mol. The van der Waals surface area contributed by atoms with Gasteiger partial charge < -0.3 is 15.3 Å². The standard InChI is InChI=1S/C18H26N2O2/c21-17-9-5-4-8-16(17)19-15-10-12-20(13-11-15)18(22)14-6-2-1-3-7-14/h1-3,6-7,15-17,19,21H,4-5,8-13H2/t16?,17-/m1/s1. The molecule has 2 aliphatic rings. The zero-order chi connectivity index (χ0) is 15.4. The van der Waals surface area contributed by atoms with Crippen LogP contribution in [0.4, 0.5) is 0 Å². The highest BCUT2D eigenvalue weighted by Gasteiger charge is 2.28. The number of hydrogen-bond acceptors (Lipinski definition) is 3. The molecule has 0 radical (unpaired) electrons. The van der Waals surface area contributed by atoms with Gasteiger partial charge in [0.1, 0.15) is 0 Å². The molecule has 1 unspecified atom stereocenters. The van der Waals surface area contributed by atoms with Gasteiger partial charge in [-0.1, -0.05) is 31.0 Å². The van der Waals surface area contributed by atoms with Crippen molar-refractivity contribution in [2.75, 3.05) is 13.1 Å². The molecule has 2 atom stereocenters. The monoisotopic (exact) mass is 302 g/mol. The number of aliphatic hydroxyl groups is 1. The number of nitrogens with zero attached hydrogens (tertiary/aromatic N) is 1. The summed E-state index contributed by atoms with van der Waals surface area (Å²) in [5, 5.41) is 13.7. The molecule has 2 N–H and O–H groups in total. The van der Waals surface area contributed by atoms with E-state index < -0.39 is 0 Å². The first kappa shape index (κ1) is 15.5. The molecule has 4 nitrogen and oxygen atoms in total. The van der Waals surface area contributed by atoms with Crippen LogP contribution in [0.25, 0.3) is 0 Å². The minimum Gasteiger partial charge on any atom is -0.392 e. The van der Waals surface area contributed by atoms with Gasteiger partial charge in [0.05, 0.1) is 6.10 Å². The van der Waals surface area contributed by atoms with E-state index in [1.807, 2.05) is 35.2 Å². The lowest BCUT2D eigenvalue weighted by atomic mass is 9.91. The van der Waals surface area contributed by atoms with Crippen molar-refractivity contribution in [1.82, 2.24) is 10.2 Å². The van der Waals surface area contributed by atoms with Crippen molar-refractivity contribution < 1.29 is 9.90 Å². The molecule has 120 valence electrons. The highest BCUT2D eigenvalue weighted by atomic mass is 16.3. The van der Waals surface area contributed by atoms with Crippen LogP contribution in [-0.2, 0) is 0 Å². The Labute approximate surface area is 132 Å². The second-order valence-corrected chi connectivity index (χ2v) is 6.56. The van der Waals surface area contributed by atoms with E-state index in [4.69, 9.17) is 0 Å². The van der Waals surface area contributed by atoms with E-state index >= 15 is 0 Å². The third kappa shape index (κ3) is 3.68. The molecule has 1 saturated carbocycles. The van der Waals surface area contributed by atoms with Crippen LogP contribution < -0.4 is 5.32 Å². The highest BCUT2D eigenvalue weighted by Crippen LogP contribution is 2.21. The summed E-state index contributed by atoms with van der Waals surface area (Å²) in [6, 6.07) is 10.2. The molecule has 1 amide bonds. The molecular weight excluding hydrogens is 276 g/mol. The lowest BCUT2D eigenvalue weighted by Gasteiger charge is -2.37. The lowest BCUT2D eigenvalue weighted by molar-refractivity contribution is 0.0627. The van der Waals surface area contributed by atoms with E-state index in [9.17, 15) is 9.90 Å². The van der Waals surface area contributed by atoms with Crippen molar-refractivity contribution in [2.45, 2.75) is 56.7 Å². The molecule has 3 rings (SSSR count). The first-order valence-corrected chi connectivity index (χ1v) is 8.52. The summed E-state index contributed by atoms with van der Waals surface area (Å²) in [7, 11) is 0. The predicted octanol–water partition coefficient (Wildman–Crippen LogP) is 2.18. The largest absolute Gasteiger partial charge is 0.392 e. The second-order valence-electron chi connectivity index (χ2n) is 6.56. The van der Waals surface area contributed by atoms with Gasteiger partial charge in [0.2, 0.25) is 0 Å². The van der Waals surface area contributed by atoms with Gasteiger partial charge in [0, 0.05) is 30.7 Å². The van der Waals surface area contributed by atoms with E-state index in [-0.39, 0.29) is 18.1 Å². The molecule has 4 heteroatoms. The van der Waals surface area contributed by atoms with E-state index in [1.165, 1.54) is 6.42 Å². The molecule has 1 aliphatic carbocycles. The van der Waals surface area contributed by atoms with Gasteiger partial charge >= 0.3 is 0 Å². The van der Waals surface area contributed by atoms with Crippen molar-refractivity contribution in [3.63, 3.8) is 0 Å². The fraction of sp³-hybridized carbons (Fsp3) is 0.611.